The Morgan fingerprint density at radius 1 is 1.23 bits per heavy atom. The maximum atomic E-state index is 12.6. The number of nitrogens with one attached hydrogen (secondary N) is 1. The van der Waals surface area contributed by atoms with Crippen LogP contribution in [0.1, 0.15) is 30.9 Å². The first-order chi connectivity index (χ1) is 12.5. The number of piperidine rings is 1. The maximum Gasteiger partial charge on any atom is 0.317 e. The minimum absolute atomic E-state index is 0.0229. The van der Waals surface area contributed by atoms with Gasteiger partial charge in [0.25, 0.3) is 0 Å². The highest BCUT2D eigenvalue weighted by molar-refractivity contribution is 5.74. The summed E-state index contributed by atoms with van der Waals surface area (Å²) in [5.74, 6) is 0. The number of carbonyl (C=O) groups excluding carboxylic acids is 1. The lowest BCUT2D eigenvalue weighted by atomic mass is 10.1. The molecule has 1 saturated heterocycles. The predicted octanol–water partition coefficient (Wildman–Crippen LogP) is 1.78. The van der Waals surface area contributed by atoms with Crippen LogP contribution in [0.15, 0.2) is 30.3 Å². The Kier molecular flexibility index (Phi) is 8.35. The SMILES string of the molecule is CN(C)CC(c1ccccc1)N(C)C(=O)NCCCN1CCC(O)CC1. The zero-order valence-electron chi connectivity index (χ0n) is 16.4. The number of nitrogens with zero attached hydrogens (tertiary/aromatic N) is 3. The van der Waals surface area contributed by atoms with Gasteiger partial charge in [0.1, 0.15) is 0 Å². The summed E-state index contributed by atoms with van der Waals surface area (Å²) >= 11 is 0. The van der Waals surface area contributed by atoms with Gasteiger partial charge in [-0.1, -0.05) is 30.3 Å². The first-order valence-corrected chi connectivity index (χ1v) is 9.58. The molecule has 0 radical (unpaired) electrons. The number of aliphatic hydroxyl groups excluding tert-OH is 1. The average molecular weight is 363 g/mol. The average Bonchev–Trinajstić information content (AvgIpc) is 2.64. The molecule has 2 rings (SSSR count). The Labute approximate surface area is 157 Å². The number of hydrogen-bond acceptors (Lipinski definition) is 4. The number of amides is 2. The highest BCUT2D eigenvalue weighted by Gasteiger charge is 2.22. The minimum Gasteiger partial charge on any atom is -0.393 e. The van der Waals surface area contributed by atoms with Crippen LogP contribution in [-0.4, -0.2) is 85.8 Å². The van der Waals surface area contributed by atoms with Crippen LogP contribution in [0, 0.1) is 0 Å². The molecule has 1 aliphatic heterocycles. The van der Waals surface area contributed by atoms with Crippen molar-refractivity contribution in [1.82, 2.24) is 20.0 Å². The van der Waals surface area contributed by atoms with Crippen molar-refractivity contribution in [2.24, 2.45) is 0 Å². The van der Waals surface area contributed by atoms with Crippen molar-refractivity contribution in [3.8, 4) is 0 Å². The normalized spacial score (nSPS) is 17.3. The number of carbonyl (C=O) groups is 1. The summed E-state index contributed by atoms with van der Waals surface area (Å²) in [7, 11) is 5.91. The number of likely N-dealkylation sites (N-methyl/N-ethyl adjacent to an activating group) is 2. The molecule has 1 atom stereocenters. The van der Waals surface area contributed by atoms with E-state index in [0.29, 0.717) is 6.54 Å². The van der Waals surface area contributed by atoms with E-state index in [1.165, 1.54) is 0 Å². The van der Waals surface area contributed by atoms with Gasteiger partial charge in [-0.15, -0.1) is 0 Å². The van der Waals surface area contributed by atoms with E-state index in [9.17, 15) is 9.90 Å². The molecule has 1 unspecified atom stereocenters. The third-order valence-electron chi connectivity index (χ3n) is 4.99. The second-order valence-electron chi connectivity index (χ2n) is 7.46. The van der Waals surface area contributed by atoms with Gasteiger partial charge >= 0.3 is 6.03 Å². The number of aliphatic hydroxyl groups is 1. The van der Waals surface area contributed by atoms with Gasteiger partial charge < -0.3 is 25.1 Å². The fourth-order valence-electron chi connectivity index (χ4n) is 3.38. The number of likely N-dealkylation sites (tertiary alicyclic amines) is 1. The van der Waals surface area contributed by atoms with E-state index in [2.05, 4.69) is 27.2 Å². The lowest BCUT2D eigenvalue weighted by Crippen LogP contribution is -2.43. The minimum atomic E-state index is -0.133. The molecule has 2 amide bonds. The molecule has 0 saturated carbocycles. The summed E-state index contributed by atoms with van der Waals surface area (Å²) in [6.45, 7) is 4.33. The Morgan fingerprint density at radius 2 is 1.88 bits per heavy atom. The van der Waals surface area contributed by atoms with Crippen LogP contribution in [-0.2, 0) is 0 Å². The third kappa shape index (κ3) is 6.59. The van der Waals surface area contributed by atoms with E-state index in [0.717, 1.165) is 51.0 Å². The van der Waals surface area contributed by atoms with Crippen molar-refractivity contribution in [3.05, 3.63) is 35.9 Å². The first kappa shape index (κ1) is 20.7. The van der Waals surface area contributed by atoms with Gasteiger partial charge in [0.2, 0.25) is 0 Å². The second kappa shape index (κ2) is 10.5. The van der Waals surface area contributed by atoms with Crippen molar-refractivity contribution in [1.29, 1.82) is 0 Å². The van der Waals surface area contributed by atoms with E-state index in [1.54, 1.807) is 4.90 Å². The third-order valence-corrected chi connectivity index (χ3v) is 4.99. The summed E-state index contributed by atoms with van der Waals surface area (Å²) in [6, 6.07) is 10.2. The highest BCUT2D eigenvalue weighted by Crippen LogP contribution is 2.20. The topological polar surface area (TPSA) is 59.0 Å². The zero-order valence-corrected chi connectivity index (χ0v) is 16.4. The van der Waals surface area contributed by atoms with Crippen molar-refractivity contribution < 1.29 is 9.90 Å². The summed E-state index contributed by atoms with van der Waals surface area (Å²) < 4.78 is 0. The van der Waals surface area contributed by atoms with Gasteiger partial charge in [0.05, 0.1) is 12.1 Å². The zero-order chi connectivity index (χ0) is 18.9. The monoisotopic (exact) mass is 362 g/mol. The molecule has 1 aliphatic rings. The first-order valence-electron chi connectivity index (χ1n) is 9.58. The van der Waals surface area contributed by atoms with E-state index in [-0.39, 0.29) is 18.2 Å². The molecule has 146 valence electrons. The Balaban J connectivity index is 1.78. The number of hydrogen-bond donors (Lipinski definition) is 2. The molecule has 2 N–H and O–H groups in total. The van der Waals surface area contributed by atoms with Gasteiger partial charge in [-0.3, -0.25) is 0 Å². The van der Waals surface area contributed by atoms with E-state index < -0.39 is 0 Å². The largest absolute Gasteiger partial charge is 0.393 e. The van der Waals surface area contributed by atoms with Gasteiger partial charge in [-0.2, -0.15) is 0 Å². The molecule has 1 fully saturated rings. The molecule has 6 heteroatoms. The molecule has 0 aliphatic carbocycles. The molecule has 0 aromatic heterocycles. The molecule has 1 heterocycles. The summed E-state index contributed by atoms with van der Waals surface area (Å²) in [4.78, 5) is 18.8. The predicted molar refractivity (Wildman–Crippen MR) is 105 cm³/mol. The maximum absolute atomic E-state index is 12.6. The molecule has 0 spiro atoms. The smallest absolute Gasteiger partial charge is 0.317 e. The van der Waals surface area contributed by atoms with Crippen molar-refractivity contribution in [2.75, 3.05) is 53.9 Å². The summed E-state index contributed by atoms with van der Waals surface area (Å²) in [5.41, 5.74) is 1.14. The highest BCUT2D eigenvalue weighted by atomic mass is 16.3. The van der Waals surface area contributed by atoms with Crippen LogP contribution < -0.4 is 5.32 Å². The van der Waals surface area contributed by atoms with Crippen LogP contribution in [0.2, 0.25) is 0 Å². The fraction of sp³-hybridized carbons (Fsp3) is 0.650. The molecule has 6 nitrogen and oxygen atoms in total. The lowest BCUT2D eigenvalue weighted by molar-refractivity contribution is 0.0821. The van der Waals surface area contributed by atoms with Gasteiger partial charge in [-0.25, -0.2) is 4.79 Å². The Morgan fingerprint density at radius 3 is 2.50 bits per heavy atom. The molecular formula is C20H34N4O2. The summed E-state index contributed by atoms with van der Waals surface area (Å²) in [5, 5.41) is 12.6. The molecule has 1 aromatic carbocycles. The number of urea groups is 1. The standard InChI is InChI=1S/C20H34N4O2/c1-22(2)16-19(17-8-5-4-6-9-17)23(3)20(26)21-12-7-13-24-14-10-18(25)11-15-24/h4-6,8-9,18-19,25H,7,10-16H2,1-3H3,(H,21,26). The molecular weight excluding hydrogens is 328 g/mol. The van der Waals surface area contributed by atoms with E-state index in [1.807, 2.05) is 39.3 Å². The summed E-state index contributed by atoms with van der Waals surface area (Å²) in [6.07, 6.45) is 2.52. The Hall–Kier alpha value is -1.63. The lowest BCUT2D eigenvalue weighted by Gasteiger charge is -2.31. The second-order valence-corrected chi connectivity index (χ2v) is 7.46. The van der Waals surface area contributed by atoms with Crippen LogP contribution >= 0.6 is 0 Å². The molecule has 1 aromatic rings. The number of rotatable bonds is 8. The molecule has 26 heavy (non-hydrogen) atoms. The fourth-order valence-corrected chi connectivity index (χ4v) is 3.38. The number of benzene rings is 1. The quantitative estimate of drug-likeness (QED) is 0.692. The van der Waals surface area contributed by atoms with Crippen molar-refractivity contribution >= 4 is 6.03 Å². The Bertz CT molecular complexity index is 530. The van der Waals surface area contributed by atoms with Crippen molar-refractivity contribution in [3.63, 3.8) is 0 Å². The van der Waals surface area contributed by atoms with Crippen molar-refractivity contribution in [2.45, 2.75) is 31.4 Å². The van der Waals surface area contributed by atoms with Crippen LogP contribution in [0.25, 0.3) is 0 Å². The van der Waals surface area contributed by atoms with Gasteiger partial charge in [0.15, 0.2) is 0 Å². The van der Waals surface area contributed by atoms with Crippen LogP contribution in [0.3, 0.4) is 0 Å². The van der Waals surface area contributed by atoms with Gasteiger partial charge in [0, 0.05) is 33.2 Å². The van der Waals surface area contributed by atoms with Crippen LogP contribution in [0.5, 0.6) is 0 Å². The van der Waals surface area contributed by atoms with Gasteiger partial charge in [-0.05, 0) is 45.5 Å². The van der Waals surface area contributed by atoms with E-state index >= 15 is 0 Å². The molecule has 0 bridgehead atoms. The van der Waals surface area contributed by atoms with E-state index in [4.69, 9.17) is 0 Å². The van der Waals surface area contributed by atoms with Crippen LogP contribution in [0.4, 0.5) is 4.79 Å².